The number of halogens is 4. The largest absolute Gasteiger partial charge is 0.443 e. The number of H-pyrrole nitrogens is 1. The molecule has 0 radical (unpaired) electrons. The van der Waals surface area contributed by atoms with E-state index >= 15 is 4.39 Å². The number of amides is 1. The Kier molecular flexibility index (Phi) is 6.68. The molecule has 1 saturated carbocycles. The van der Waals surface area contributed by atoms with Crippen LogP contribution >= 0.6 is 0 Å². The molecule has 200 valence electrons. The van der Waals surface area contributed by atoms with E-state index in [0.717, 1.165) is 0 Å². The average Bonchev–Trinajstić information content (AvgIpc) is 3.48. The highest BCUT2D eigenvalue weighted by atomic mass is 19.4. The lowest BCUT2D eigenvalue weighted by Gasteiger charge is -2.39. The molecule has 37 heavy (non-hydrogen) atoms. The Labute approximate surface area is 209 Å². The number of alkyl halides is 4. The summed E-state index contributed by atoms with van der Waals surface area (Å²) in [5, 5.41) is 12.8. The van der Waals surface area contributed by atoms with Gasteiger partial charge in [-0.05, 0) is 32.8 Å². The molecule has 0 aromatic carbocycles. The zero-order valence-corrected chi connectivity index (χ0v) is 20.3. The second-order valence-corrected chi connectivity index (χ2v) is 9.87. The SMILES string of the molecule is CC(C)NC(=O)O[C@H]1CC[C@@H](c2cc(Nc3nccc4nc(CN5CC(C(F)(F)F)C5)cn34)n[nH]2)[C@@H]1F. The van der Waals surface area contributed by atoms with Gasteiger partial charge in [0.2, 0.25) is 5.95 Å². The standard InChI is InChI=1S/C23H28F4N8O2/c1-12(2)29-22(36)37-17-4-3-15(20(17)24)16-7-18(33-32-16)31-21-28-6-5-19-30-14(11-35(19)21)10-34-8-13(9-34)23(25,26)27/h5-7,11-13,15,17,20H,3-4,8-10H2,1-2H3,(H,29,36)(H2,28,31,32,33)/t15-,17-,20-/m0/s1. The molecule has 3 aromatic rings. The maximum Gasteiger partial charge on any atom is 0.407 e. The number of fused-ring (bicyclic) bond motifs is 1. The minimum atomic E-state index is -4.17. The zero-order chi connectivity index (χ0) is 26.3. The van der Waals surface area contributed by atoms with Gasteiger partial charge >= 0.3 is 12.3 Å². The Morgan fingerprint density at radius 3 is 2.81 bits per heavy atom. The number of ether oxygens (including phenoxy) is 1. The molecule has 4 heterocycles. The Balaban J connectivity index is 1.22. The minimum Gasteiger partial charge on any atom is -0.443 e. The lowest BCUT2D eigenvalue weighted by molar-refractivity contribution is -0.210. The van der Waals surface area contributed by atoms with E-state index in [-0.39, 0.29) is 19.1 Å². The van der Waals surface area contributed by atoms with Gasteiger partial charge in [0.1, 0.15) is 17.9 Å². The van der Waals surface area contributed by atoms with Crippen LogP contribution in [0.3, 0.4) is 0 Å². The van der Waals surface area contributed by atoms with Crippen LogP contribution in [0.1, 0.15) is 44.0 Å². The lowest BCUT2D eigenvalue weighted by atomic mass is 10.00. The number of carbonyl (C=O) groups is 1. The maximum atomic E-state index is 15.0. The number of carbonyl (C=O) groups excluding carboxylic acids is 1. The van der Waals surface area contributed by atoms with Crippen molar-refractivity contribution in [1.82, 2.24) is 34.8 Å². The zero-order valence-electron chi connectivity index (χ0n) is 20.3. The molecule has 3 N–H and O–H groups in total. The first kappa shape index (κ1) is 25.2. The van der Waals surface area contributed by atoms with Crippen LogP contribution in [0.2, 0.25) is 0 Å². The monoisotopic (exact) mass is 524 g/mol. The molecule has 3 aromatic heterocycles. The summed E-state index contributed by atoms with van der Waals surface area (Å²) in [4.78, 5) is 22.4. The fourth-order valence-corrected chi connectivity index (χ4v) is 4.76. The summed E-state index contributed by atoms with van der Waals surface area (Å²) < 4.78 is 60.3. The predicted molar refractivity (Wildman–Crippen MR) is 125 cm³/mol. The maximum absolute atomic E-state index is 15.0. The molecule has 1 aliphatic carbocycles. The number of nitrogens with zero attached hydrogens (tertiary/aromatic N) is 5. The van der Waals surface area contributed by atoms with E-state index in [1.807, 2.05) is 0 Å². The van der Waals surface area contributed by atoms with E-state index in [2.05, 4.69) is 30.8 Å². The molecule has 1 aliphatic heterocycles. The molecule has 1 saturated heterocycles. The first-order chi connectivity index (χ1) is 17.6. The van der Waals surface area contributed by atoms with Gasteiger partial charge < -0.3 is 15.4 Å². The van der Waals surface area contributed by atoms with E-state index in [4.69, 9.17) is 4.74 Å². The van der Waals surface area contributed by atoms with Gasteiger partial charge in [-0.3, -0.25) is 14.4 Å². The normalized spacial score (nSPS) is 22.9. The first-order valence-corrected chi connectivity index (χ1v) is 12.1. The van der Waals surface area contributed by atoms with Gasteiger partial charge in [0, 0.05) is 55.7 Å². The number of anilines is 2. The van der Waals surface area contributed by atoms with Gasteiger partial charge in [0.25, 0.3) is 0 Å². The second kappa shape index (κ2) is 9.80. The third-order valence-corrected chi connectivity index (χ3v) is 6.64. The Morgan fingerprint density at radius 1 is 1.30 bits per heavy atom. The van der Waals surface area contributed by atoms with E-state index in [1.54, 1.807) is 47.7 Å². The van der Waals surface area contributed by atoms with E-state index in [0.29, 0.717) is 48.2 Å². The van der Waals surface area contributed by atoms with Gasteiger partial charge in [0.15, 0.2) is 5.82 Å². The van der Waals surface area contributed by atoms with Gasteiger partial charge in [-0.15, -0.1) is 0 Å². The Bertz CT molecular complexity index is 1250. The Morgan fingerprint density at radius 2 is 2.08 bits per heavy atom. The van der Waals surface area contributed by atoms with Crippen LogP contribution in [-0.4, -0.2) is 73.1 Å². The van der Waals surface area contributed by atoms with Crippen LogP contribution in [-0.2, 0) is 11.3 Å². The number of imidazole rings is 1. The summed E-state index contributed by atoms with van der Waals surface area (Å²) in [5.74, 6) is -0.975. The molecule has 2 aliphatic rings. The number of aromatic nitrogens is 5. The van der Waals surface area contributed by atoms with Crippen molar-refractivity contribution < 1.29 is 27.1 Å². The highest BCUT2D eigenvalue weighted by molar-refractivity contribution is 5.67. The van der Waals surface area contributed by atoms with Crippen molar-refractivity contribution in [2.75, 3.05) is 18.4 Å². The fourth-order valence-electron chi connectivity index (χ4n) is 4.76. The van der Waals surface area contributed by atoms with Crippen LogP contribution in [0.4, 0.5) is 34.1 Å². The van der Waals surface area contributed by atoms with Crippen LogP contribution < -0.4 is 10.6 Å². The van der Waals surface area contributed by atoms with Crippen molar-refractivity contribution in [3.05, 3.63) is 35.9 Å². The third-order valence-electron chi connectivity index (χ3n) is 6.64. The topological polar surface area (TPSA) is 112 Å². The third kappa shape index (κ3) is 5.48. The van der Waals surface area contributed by atoms with E-state index in [1.165, 1.54) is 0 Å². The fraction of sp³-hybridized carbons (Fsp3) is 0.565. The second-order valence-electron chi connectivity index (χ2n) is 9.87. The van der Waals surface area contributed by atoms with E-state index < -0.39 is 36.4 Å². The first-order valence-electron chi connectivity index (χ1n) is 12.1. The van der Waals surface area contributed by atoms with Crippen LogP contribution in [0.25, 0.3) is 5.65 Å². The molecule has 1 amide bonds. The van der Waals surface area contributed by atoms with Gasteiger partial charge in [0.05, 0.1) is 11.6 Å². The molecule has 0 spiro atoms. The van der Waals surface area contributed by atoms with Gasteiger partial charge in [-0.25, -0.2) is 19.2 Å². The smallest absolute Gasteiger partial charge is 0.407 e. The van der Waals surface area contributed by atoms with Crippen molar-refractivity contribution in [2.24, 2.45) is 5.92 Å². The highest BCUT2D eigenvalue weighted by Crippen LogP contribution is 2.39. The molecule has 0 unspecified atom stereocenters. The molecule has 14 heteroatoms. The molecular weight excluding hydrogens is 496 g/mol. The predicted octanol–water partition coefficient (Wildman–Crippen LogP) is 3.91. The Hall–Kier alpha value is -3.42. The van der Waals surface area contributed by atoms with Crippen LogP contribution in [0.5, 0.6) is 0 Å². The lowest BCUT2D eigenvalue weighted by Crippen LogP contribution is -2.52. The molecule has 2 fully saturated rings. The summed E-state index contributed by atoms with van der Waals surface area (Å²) in [7, 11) is 0. The van der Waals surface area contributed by atoms with Crippen LogP contribution in [0, 0.1) is 5.92 Å². The number of likely N-dealkylation sites (tertiary alicyclic amines) is 1. The van der Waals surface area contributed by atoms with Crippen molar-refractivity contribution in [3.63, 3.8) is 0 Å². The summed E-state index contributed by atoms with van der Waals surface area (Å²) in [6.07, 6.45) is -2.84. The molecular formula is C23H28F4N8O2. The van der Waals surface area contributed by atoms with E-state index in [9.17, 15) is 18.0 Å². The number of hydrogen-bond acceptors (Lipinski definition) is 7. The summed E-state index contributed by atoms with van der Waals surface area (Å²) in [6.45, 7) is 3.81. The van der Waals surface area contributed by atoms with Gasteiger partial charge in [-0.2, -0.15) is 18.3 Å². The highest BCUT2D eigenvalue weighted by Gasteiger charge is 2.47. The minimum absolute atomic E-state index is 0.0399. The molecule has 10 nitrogen and oxygen atoms in total. The molecule has 0 bridgehead atoms. The summed E-state index contributed by atoms with van der Waals surface area (Å²) in [6, 6.07) is 3.27. The van der Waals surface area contributed by atoms with Gasteiger partial charge in [-0.1, -0.05) is 0 Å². The number of aromatic amines is 1. The molecule has 5 rings (SSSR count). The van der Waals surface area contributed by atoms with Crippen molar-refractivity contribution in [1.29, 1.82) is 0 Å². The number of rotatable bonds is 7. The van der Waals surface area contributed by atoms with Crippen molar-refractivity contribution >= 4 is 23.5 Å². The number of nitrogens with one attached hydrogen (secondary N) is 3. The number of alkyl carbamates (subject to hydrolysis) is 1. The average molecular weight is 525 g/mol. The summed E-state index contributed by atoms with van der Waals surface area (Å²) >= 11 is 0. The molecule has 3 atom stereocenters. The van der Waals surface area contributed by atoms with Crippen LogP contribution in [0.15, 0.2) is 24.5 Å². The van der Waals surface area contributed by atoms with Crippen molar-refractivity contribution in [2.45, 2.75) is 63.6 Å². The van der Waals surface area contributed by atoms with Crippen molar-refractivity contribution in [3.8, 4) is 0 Å². The number of hydrogen-bond donors (Lipinski definition) is 3. The summed E-state index contributed by atoms with van der Waals surface area (Å²) in [5.41, 5.74) is 1.77. The quantitative estimate of drug-likeness (QED) is 0.402.